The average Bonchev–Trinajstić information content (AvgIpc) is 2.73. The third kappa shape index (κ3) is 5.34. The van der Waals surface area contributed by atoms with Crippen LogP contribution in [0.25, 0.3) is 0 Å². The van der Waals surface area contributed by atoms with E-state index < -0.39 is 11.7 Å². The fourth-order valence-corrected chi connectivity index (χ4v) is 3.33. The number of ether oxygens (including phenoxy) is 1. The molecule has 0 atom stereocenters. The zero-order valence-electron chi connectivity index (χ0n) is 16.2. The number of anilines is 1. The molecule has 1 aliphatic heterocycles. The summed E-state index contributed by atoms with van der Waals surface area (Å²) in [6, 6.07) is 12.6. The van der Waals surface area contributed by atoms with E-state index in [1.54, 1.807) is 12.0 Å². The van der Waals surface area contributed by atoms with Gasteiger partial charge in [-0.15, -0.1) is 0 Å². The molecule has 29 heavy (non-hydrogen) atoms. The Morgan fingerprint density at radius 2 is 1.69 bits per heavy atom. The van der Waals surface area contributed by atoms with Crippen LogP contribution in [0.3, 0.4) is 0 Å². The molecule has 5 nitrogen and oxygen atoms in total. The van der Waals surface area contributed by atoms with Crippen LogP contribution in [-0.4, -0.2) is 50.8 Å². The van der Waals surface area contributed by atoms with Gasteiger partial charge >= 0.3 is 12.2 Å². The first-order chi connectivity index (χ1) is 13.9. The van der Waals surface area contributed by atoms with Gasteiger partial charge in [0.05, 0.1) is 18.4 Å². The number of alkyl halides is 3. The molecule has 2 aromatic carbocycles. The molecule has 1 fully saturated rings. The summed E-state index contributed by atoms with van der Waals surface area (Å²) in [4.78, 5) is 16.3. The molecular formula is C21H24F3N3O2. The number of hydrogen-bond donors (Lipinski definition) is 1. The summed E-state index contributed by atoms with van der Waals surface area (Å²) in [5.41, 5.74) is 1.09. The van der Waals surface area contributed by atoms with Crippen molar-refractivity contribution in [3.8, 4) is 5.75 Å². The van der Waals surface area contributed by atoms with E-state index in [4.69, 9.17) is 4.74 Å². The van der Waals surface area contributed by atoms with Crippen LogP contribution >= 0.6 is 0 Å². The van der Waals surface area contributed by atoms with Gasteiger partial charge in [0, 0.05) is 32.7 Å². The Kier molecular flexibility index (Phi) is 6.51. The fourth-order valence-electron chi connectivity index (χ4n) is 3.33. The van der Waals surface area contributed by atoms with Crippen LogP contribution in [-0.2, 0) is 12.6 Å². The molecule has 3 rings (SSSR count). The quantitative estimate of drug-likeness (QED) is 0.820. The second kappa shape index (κ2) is 9.07. The number of methoxy groups -OCH3 is 1. The molecule has 2 amide bonds. The Morgan fingerprint density at radius 1 is 1.03 bits per heavy atom. The lowest BCUT2D eigenvalue weighted by Crippen LogP contribution is -2.52. The van der Waals surface area contributed by atoms with Crippen LogP contribution in [0.4, 0.5) is 23.7 Å². The number of nitrogens with zero attached hydrogens (tertiary/aromatic N) is 2. The summed E-state index contributed by atoms with van der Waals surface area (Å²) in [6.07, 6.45) is -3.86. The van der Waals surface area contributed by atoms with Gasteiger partial charge in [-0.3, -0.25) is 0 Å². The predicted molar refractivity (Wildman–Crippen MR) is 105 cm³/mol. The van der Waals surface area contributed by atoms with Crippen molar-refractivity contribution in [3.05, 3.63) is 59.7 Å². The summed E-state index contributed by atoms with van der Waals surface area (Å²) < 4.78 is 43.2. The second-order valence-electron chi connectivity index (χ2n) is 6.82. The zero-order valence-corrected chi connectivity index (χ0v) is 16.2. The van der Waals surface area contributed by atoms with E-state index in [1.807, 2.05) is 24.3 Å². The van der Waals surface area contributed by atoms with E-state index in [1.165, 1.54) is 12.1 Å². The summed E-state index contributed by atoms with van der Waals surface area (Å²) in [5.74, 6) is 0.807. The highest BCUT2D eigenvalue weighted by Gasteiger charge is 2.30. The topological polar surface area (TPSA) is 44.8 Å². The van der Waals surface area contributed by atoms with Gasteiger partial charge in [0.15, 0.2) is 0 Å². The first kappa shape index (κ1) is 20.8. The Labute approximate surface area is 168 Å². The largest absolute Gasteiger partial charge is 0.495 e. The van der Waals surface area contributed by atoms with Crippen molar-refractivity contribution in [1.29, 1.82) is 0 Å². The molecule has 0 spiro atoms. The van der Waals surface area contributed by atoms with Crippen LogP contribution in [0.2, 0.25) is 0 Å². The molecule has 1 N–H and O–H groups in total. The van der Waals surface area contributed by atoms with E-state index in [2.05, 4.69) is 10.2 Å². The molecule has 8 heteroatoms. The molecule has 1 heterocycles. The van der Waals surface area contributed by atoms with E-state index >= 15 is 0 Å². The maximum Gasteiger partial charge on any atom is 0.416 e. The van der Waals surface area contributed by atoms with Gasteiger partial charge in [-0.1, -0.05) is 24.3 Å². The number of urea groups is 1. The van der Waals surface area contributed by atoms with Gasteiger partial charge in [-0.05, 0) is 36.2 Å². The molecule has 0 bridgehead atoms. The van der Waals surface area contributed by atoms with Crippen molar-refractivity contribution in [3.63, 3.8) is 0 Å². The van der Waals surface area contributed by atoms with Crippen LogP contribution in [0.15, 0.2) is 48.5 Å². The molecule has 0 unspecified atom stereocenters. The normalized spacial score (nSPS) is 14.6. The van der Waals surface area contributed by atoms with Crippen LogP contribution < -0.4 is 15.0 Å². The smallest absolute Gasteiger partial charge is 0.416 e. The minimum Gasteiger partial charge on any atom is -0.495 e. The van der Waals surface area contributed by atoms with Crippen molar-refractivity contribution in [2.24, 2.45) is 0 Å². The SMILES string of the molecule is COc1ccccc1N1CCN(C(=O)NCCc2ccc(C(F)(F)F)cc2)CC1. The van der Waals surface area contributed by atoms with Gasteiger partial charge in [0.1, 0.15) is 5.75 Å². The summed E-state index contributed by atoms with van der Waals surface area (Å²) >= 11 is 0. The van der Waals surface area contributed by atoms with E-state index in [0.29, 0.717) is 39.1 Å². The number of para-hydroxylation sites is 2. The minimum absolute atomic E-state index is 0.156. The molecule has 0 aliphatic carbocycles. The number of carbonyl (C=O) groups excluding carboxylic acids is 1. The first-order valence-corrected chi connectivity index (χ1v) is 9.45. The summed E-state index contributed by atoms with van der Waals surface area (Å²) in [7, 11) is 1.64. The van der Waals surface area contributed by atoms with Crippen LogP contribution in [0.1, 0.15) is 11.1 Å². The van der Waals surface area contributed by atoms with Crippen molar-refractivity contribution < 1.29 is 22.7 Å². The Bertz CT molecular complexity index is 817. The van der Waals surface area contributed by atoms with Gasteiger partial charge in [-0.25, -0.2) is 4.79 Å². The number of carbonyl (C=O) groups is 1. The number of piperazine rings is 1. The standard InChI is InChI=1S/C21H24F3N3O2/c1-29-19-5-3-2-4-18(19)26-12-14-27(15-13-26)20(28)25-11-10-16-6-8-17(9-7-16)21(22,23)24/h2-9H,10-15H2,1H3,(H,25,28). The van der Waals surface area contributed by atoms with Gasteiger partial charge < -0.3 is 19.9 Å². The van der Waals surface area contributed by atoms with Gasteiger partial charge in [-0.2, -0.15) is 13.2 Å². The molecule has 1 aliphatic rings. The van der Waals surface area contributed by atoms with Crippen molar-refractivity contribution in [2.45, 2.75) is 12.6 Å². The van der Waals surface area contributed by atoms with E-state index in [0.717, 1.165) is 29.1 Å². The highest BCUT2D eigenvalue weighted by Crippen LogP contribution is 2.29. The molecule has 1 saturated heterocycles. The molecule has 156 valence electrons. The van der Waals surface area contributed by atoms with Crippen molar-refractivity contribution in [2.75, 3.05) is 44.7 Å². The number of amides is 2. The maximum atomic E-state index is 12.6. The van der Waals surface area contributed by atoms with Crippen LogP contribution in [0.5, 0.6) is 5.75 Å². The first-order valence-electron chi connectivity index (χ1n) is 9.45. The lowest BCUT2D eigenvalue weighted by Gasteiger charge is -2.36. The number of hydrogen-bond acceptors (Lipinski definition) is 3. The molecule has 2 aromatic rings. The van der Waals surface area contributed by atoms with Gasteiger partial charge in [0.25, 0.3) is 0 Å². The molecule has 0 radical (unpaired) electrons. The Morgan fingerprint density at radius 3 is 2.31 bits per heavy atom. The summed E-state index contributed by atoms with van der Waals surface area (Å²) in [5, 5.41) is 2.84. The van der Waals surface area contributed by atoms with E-state index in [9.17, 15) is 18.0 Å². The zero-order chi connectivity index (χ0) is 20.9. The van der Waals surface area contributed by atoms with Crippen LogP contribution in [0, 0.1) is 0 Å². The fraction of sp³-hybridized carbons (Fsp3) is 0.381. The maximum absolute atomic E-state index is 12.6. The average molecular weight is 407 g/mol. The third-order valence-electron chi connectivity index (χ3n) is 4.96. The van der Waals surface area contributed by atoms with Gasteiger partial charge in [0.2, 0.25) is 0 Å². The Balaban J connectivity index is 1.44. The van der Waals surface area contributed by atoms with E-state index in [-0.39, 0.29) is 6.03 Å². The van der Waals surface area contributed by atoms with Crippen molar-refractivity contribution >= 4 is 11.7 Å². The molecule has 0 saturated carbocycles. The molecule has 0 aromatic heterocycles. The third-order valence-corrected chi connectivity index (χ3v) is 4.96. The Hall–Kier alpha value is -2.90. The number of nitrogens with one attached hydrogen (secondary N) is 1. The summed E-state index contributed by atoms with van der Waals surface area (Å²) in [6.45, 7) is 2.95. The monoisotopic (exact) mass is 407 g/mol. The van der Waals surface area contributed by atoms with Crippen molar-refractivity contribution in [1.82, 2.24) is 10.2 Å². The number of halogens is 3. The minimum atomic E-state index is -4.33. The highest BCUT2D eigenvalue weighted by atomic mass is 19.4. The molecular weight excluding hydrogens is 383 g/mol. The lowest BCUT2D eigenvalue weighted by molar-refractivity contribution is -0.137. The number of benzene rings is 2. The lowest BCUT2D eigenvalue weighted by atomic mass is 10.1. The predicted octanol–water partition coefficient (Wildman–Crippen LogP) is 3.79. The highest BCUT2D eigenvalue weighted by molar-refractivity contribution is 5.74. The second-order valence-corrected chi connectivity index (χ2v) is 6.82. The number of rotatable bonds is 5.